The van der Waals surface area contributed by atoms with E-state index in [1.54, 1.807) is 30.3 Å². The normalized spacial score (nSPS) is 12.5. The standard InChI is InChI=1S/C10H17N3OS/c1-8(9-6-15-7-12-9)11-5-4-10(14)13(2)3/h6-8,11H,4-5H2,1-3H3. The smallest absolute Gasteiger partial charge is 0.223 e. The first-order chi connectivity index (χ1) is 7.11. The van der Waals surface area contributed by atoms with Crippen molar-refractivity contribution in [3.63, 3.8) is 0 Å². The summed E-state index contributed by atoms with van der Waals surface area (Å²) in [4.78, 5) is 17.1. The van der Waals surface area contributed by atoms with Crippen LogP contribution in [0.5, 0.6) is 0 Å². The van der Waals surface area contributed by atoms with Crippen LogP contribution in [-0.2, 0) is 4.79 Å². The first-order valence-electron chi connectivity index (χ1n) is 4.93. The summed E-state index contributed by atoms with van der Waals surface area (Å²) in [6, 6.07) is 0.214. The molecule has 0 saturated carbocycles. The van der Waals surface area contributed by atoms with Crippen molar-refractivity contribution in [2.75, 3.05) is 20.6 Å². The van der Waals surface area contributed by atoms with E-state index >= 15 is 0 Å². The van der Waals surface area contributed by atoms with E-state index in [-0.39, 0.29) is 11.9 Å². The van der Waals surface area contributed by atoms with E-state index in [1.165, 1.54) is 0 Å². The predicted octanol–water partition coefficient (Wildman–Crippen LogP) is 1.27. The molecular weight excluding hydrogens is 210 g/mol. The third-order valence-electron chi connectivity index (χ3n) is 2.18. The number of carbonyl (C=O) groups is 1. The third-order valence-corrected chi connectivity index (χ3v) is 2.79. The molecule has 1 N–H and O–H groups in total. The van der Waals surface area contributed by atoms with Gasteiger partial charge in [0.2, 0.25) is 5.91 Å². The first-order valence-corrected chi connectivity index (χ1v) is 5.87. The number of amides is 1. The maximum Gasteiger partial charge on any atom is 0.223 e. The van der Waals surface area contributed by atoms with Crippen molar-refractivity contribution >= 4 is 17.2 Å². The Morgan fingerprint density at radius 2 is 2.40 bits per heavy atom. The van der Waals surface area contributed by atoms with Crippen LogP contribution in [0.1, 0.15) is 25.1 Å². The Labute approximate surface area is 94.3 Å². The number of nitrogens with one attached hydrogen (secondary N) is 1. The Kier molecular flexibility index (Phi) is 4.71. The van der Waals surface area contributed by atoms with E-state index in [9.17, 15) is 4.79 Å². The van der Waals surface area contributed by atoms with Crippen molar-refractivity contribution < 1.29 is 4.79 Å². The van der Waals surface area contributed by atoms with Crippen molar-refractivity contribution in [2.24, 2.45) is 0 Å². The molecule has 5 heteroatoms. The summed E-state index contributed by atoms with van der Waals surface area (Å²) in [7, 11) is 3.54. The summed E-state index contributed by atoms with van der Waals surface area (Å²) in [5.41, 5.74) is 2.86. The van der Waals surface area contributed by atoms with Crippen molar-refractivity contribution in [2.45, 2.75) is 19.4 Å². The number of rotatable bonds is 5. The van der Waals surface area contributed by atoms with Gasteiger partial charge in [-0.2, -0.15) is 0 Å². The Balaban J connectivity index is 2.24. The summed E-state index contributed by atoms with van der Waals surface area (Å²) in [5.74, 6) is 0.146. The molecule has 0 radical (unpaired) electrons. The lowest BCUT2D eigenvalue weighted by Gasteiger charge is -2.13. The van der Waals surface area contributed by atoms with E-state index in [2.05, 4.69) is 17.2 Å². The van der Waals surface area contributed by atoms with Crippen LogP contribution in [0.15, 0.2) is 10.9 Å². The predicted molar refractivity (Wildman–Crippen MR) is 61.8 cm³/mol. The van der Waals surface area contributed by atoms with Crippen LogP contribution in [0.2, 0.25) is 0 Å². The largest absolute Gasteiger partial charge is 0.349 e. The second-order valence-electron chi connectivity index (χ2n) is 3.63. The second-order valence-corrected chi connectivity index (χ2v) is 4.35. The van der Waals surface area contributed by atoms with Gasteiger partial charge in [-0.3, -0.25) is 4.79 Å². The second kappa shape index (κ2) is 5.82. The van der Waals surface area contributed by atoms with Gasteiger partial charge in [-0.1, -0.05) is 0 Å². The monoisotopic (exact) mass is 227 g/mol. The zero-order valence-corrected chi connectivity index (χ0v) is 10.2. The van der Waals surface area contributed by atoms with Crippen LogP contribution in [0.4, 0.5) is 0 Å². The number of hydrogen-bond acceptors (Lipinski definition) is 4. The van der Waals surface area contributed by atoms with E-state index in [0.717, 1.165) is 5.69 Å². The Morgan fingerprint density at radius 1 is 1.67 bits per heavy atom. The Hall–Kier alpha value is -0.940. The summed E-state index contributed by atoms with van der Waals surface area (Å²) < 4.78 is 0. The summed E-state index contributed by atoms with van der Waals surface area (Å²) >= 11 is 1.59. The van der Waals surface area contributed by atoms with Gasteiger partial charge in [-0.05, 0) is 6.92 Å². The number of nitrogens with zero attached hydrogens (tertiary/aromatic N) is 2. The lowest BCUT2D eigenvalue weighted by Crippen LogP contribution is -2.28. The van der Waals surface area contributed by atoms with Gasteiger partial charge < -0.3 is 10.2 Å². The summed E-state index contributed by atoms with van der Waals surface area (Å²) in [6.45, 7) is 2.74. The molecule has 0 aliphatic carbocycles. The molecule has 1 aromatic rings. The highest BCUT2D eigenvalue weighted by atomic mass is 32.1. The highest BCUT2D eigenvalue weighted by Gasteiger charge is 2.08. The van der Waals surface area contributed by atoms with Crippen LogP contribution < -0.4 is 5.32 Å². The molecule has 1 rings (SSSR count). The molecule has 15 heavy (non-hydrogen) atoms. The fourth-order valence-corrected chi connectivity index (χ4v) is 1.81. The van der Waals surface area contributed by atoms with Crippen LogP contribution in [0.25, 0.3) is 0 Å². The molecule has 1 heterocycles. The minimum Gasteiger partial charge on any atom is -0.349 e. The molecule has 84 valence electrons. The van der Waals surface area contributed by atoms with Gasteiger partial charge in [0.25, 0.3) is 0 Å². The van der Waals surface area contributed by atoms with Gasteiger partial charge in [-0.15, -0.1) is 11.3 Å². The van der Waals surface area contributed by atoms with Gasteiger partial charge in [0.1, 0.15) is 0 Å². The minimum atomic E-state index is 0.146. The average molecular weight is 227 g/mol. The molecule has 4 nitrogen and oxygen atoms in total. The molecule has 0 fully saturated rings. The molecule has 1 amide bonds. The summed E-state index contributed by atoms with van der Waals surface area (Å²) in [6.07, 6.45) is 0.529. The molecule has 1 unspecified atom stereocenters. The van der Waals surface area contributed by atoms with Crippen LogP contribution in [0, 0.1) is 0 Å². The molecule has 1 atom stereocenters. The van der Waals surface area contributed by atoms with Crippen molar-refractivity contribution in [1.29, 1.82) is 0 Å². The van der Waals surface area contributed by atoms with Crippen molar-refractivity contribution in [3.05, 3.63) is 16.6 Å². The zero-order chi connectivity index (χ0) is 11.3. The average Bonchev–Trinajstić information content (AvgIpc) is 2.70. The van der Waals surface area contributed by atoms with Crippen molar-refractivity contribution in [3.8, 4) is 0 Å². The Morgan fingerprint density at radius 3 is 2.93 bits per heavy atom. The van der Waals surface area contributed by atoms with Gasteiger partial charge >= 0.3 is 0 Å². The molecule has 0 saturated heterocycles. The van der Waals surface area contributed by atoms with Crippen molar-refractivity contribution in [1.82, 2.24) is 15.2 Å². The highest BCUT2D eigenvalue weighted by Crippen LogP contribution is 2.11. The van der Waals surface area contributed by atoms with Crippen LogP contribution in [-0.4, -0.2) is 36.4 Å². The highest BCUT2D eigenvalue weighted by molar-refractivity contribution is 7.07. The van der Waals surface area contributed by atoms with Crippen LogP contribution in [0.3, 0.4) is 0 Å². The topological polar surface area (TPSA) is 45.2 Å². The first kappa shape index (κ1) is 12.1. The molecule has 0 spiro atoms. The SMILES string of the molecule is CC(NCCC(=O)N(C)C)c1cscn1. The van der Waals surface area contributed by atoms with Gasteiger partial charge in [0.05, 0.1) is 11.2 Å². The molecule has 0 bridgehead atoms. The summed E-state index contributed by atoms with van der Waals surface area (Å²) in [5, 5.41) is 5.29. The Bertz CT molecular complexity index is 298. The molecule has 0 aliphatic rings. The fraction of sp³-hybridized carbons (Fsp3) is 0.600. The quantitative estimate of drug-likeness (QED) is 0.824. The minimum absolute atomic E-state index is 0.146. The third kappa shape index (κ3) is 3.97. The molecular formula is C10H17N3OS. The zero-order valence-electron chi connectivity index (χ0n) is 9.36. The molecule has 0 aromatic carbocycles. The maximum absolute atomic E-state index is 11.3. The molecule has 1 aromatic heterocycles. The van der Waals surface area contributed by atoms with Gasteiger partial charge in [0, 0.05) is 38.5 Å². The van der Waals surface area contributed by atoms with E-state index in [1.807, 2.05) is 10.9 Å². The lowest BCUT2D eigenvalue weighted by molar-refractivity contribution is -0.128. The van der Waals surface area contributed by atoms with E-state index < -0.39 is 0 Å². The molecule has 0 aliphatic heterocycles. The van der Waals surface area contributed by atoms with E-state index in [0.29, 0.717) is 13.0 Å². The van der Waals surface area contributed by atoms with Gasteiger partial charge in [0.15, 0.2) is 0 Å². The maximum atomic E-state index is 11.3. The number of hydrogen-bond donors (Lipinski definition) is 1. The lowest BCUT2D eigenvalue weighted by atomic mass is 10.2. The number of carbonyl (C=O) groups excluding carboxylic acids is 1. The van der Waals surface area contributed by atoms with E-state index in [4.69, 9.17) is 0 Å². The number of aromatic nitrogens is 1. The fourth-order valence-electron chi connectivity index (χ4n) is 1.16. The van der Waals surface area contributed by atoms with Crippen LogP contribution >= 0.6 is 11.3 Å². The van der Waals surface area contributed by atoms with Gasteiger partial charge in [-0.25, -0.2) is 4.98 Å². The number of thiazole rings is 1.